The van der Waals surface area contributed by atoms with Gasteiger partial charge < -0.3 is 15.6 Å². The lowest BCUT2D eigenvalue weighted by molar-refractivity contribution is -0.138. The Morgan fingerprint density at radius 1 is 1.28 bits per heavy atom. The SMILES string of the molecule is CP(C)(=O)c1c(C#N)ccc2c1CC=C2c1nc(N[C@H]2CCC[C@@H]2N)ncc1C(F)(F)F. The maximum Gasteiger partial charge on any atom is 0.419 e. The van der Waals surface area contributed by atoms with Crippen LogP contribution in [0.25, 0.3) is 5.57 Å². The van der Waals surface area contributed by atoms with Crippen LogP contribution < -0.4 is 16.4 Å². The maximum absolute atomic E-state index is 13.8. The van der Waals surface area contributed by atoms with E-state index in [0.29, 0.717) is 22.0 Å². The highest BCUT2D eigenvalue weighted by atomic mass is 31.2. The summed E-state index contributed by atoms with van der Waals surface area (Å²) in [5.74, 6) is 0.0928. The number of nitrogens with zero attached hydrogens (tertiary/aromatic N) is 3. The van der Waals surface area contributed by atoms with Crippen LogP contribution in [0.5, 0.6) is 0 Å². The Balaban J connectivity index is 1.83. The van der Waals surface area contributed by atoms with Crippen LogP contribution in [0.15, 0.2) is 24.4 Å². The molecule has 0 saturated heterocycles. The predicted molar refractivity (Wildman–Crippen MR) is 117 cm³/mol. The van der Waals surface area contributed by atoms with Gasteiger partial charge in [-0.1, -0.05) is 12.1 Å². The van der Waals surface area contributed by atoms with Gasteiger partial charge in [-0.05, 0) is 56.2 Å². The summed E-state index contributed by atoms with van der Waals surface area (Å²) < 4.78 is 54.4. The molecule has 0 radical (unpaired) electrons. The molecule has 32 heavy (non-hydrogen) atoms. The number of benzene rings is 1. The number of anilines is 1. The second-order valence-electron chi connectivity index (χ2n) is 8.57. The Kier molecular flexibility index (Phi) is 5.64. The van der Waals surface area contributed by atoms with Gasteiger partial charge in [0, 0.05) is 29.2 Å². The van der Waals surface area contributed by atoms with E-state index in [-0.39, 0.29) is 35.7 Å². The van der Waals surface area contributed by atoms with Crippen molar-refractivity contribution in [3.8, 4) is 6.07 Å². The molecule has 1 heterocycles. The molecular weight excluding hydrogens is 438 g/mol. The summed E-state index contributed by atoms with van der Waals surface area (Å²) >= 11 is 0. The Bertz CT molecular complexity index is 1200. The number of nitrogens with one attached hydrogen (secondary N) is 1. The van der Waals surface area contributed by atoms with Gasteiger partial charge in [0.25, 0.3) is 0 Å². The predicted octanol–water partition coefficient (Wildman–Crippen LogP) is 3.89. The van der Waals surface area contributed by atoms with Gasteiger partial charge in [-0.3, -0.25) is 0 Å². The summed E-state index contributed by atoms with van der Waals surface area (Å²) in [5, 5.41) is 13.0. The van der Waals surface area contributed by atoms with Crippen LogP contribution in [-0.4, -0.2) is 35.4 Å². The lowest BCUT2D eigenvalue weighted by atomic mass is 9.98. The van der Waals surface area contributed by atoms with Gasteiger partial charge in [-0.25, -0.2) is 9.97 Å². The van der Waals surface area contributed by atoms with Crippen molar-refractivity contribution in [3.05, 3.63) is 52.4 Å². The molecule has 6 nitrogen and oxygen atoms in total. The van der Waals surface area contributed by atoms with Gasteiger partial charge in [0.15, 0.2) is 0 Å². The fourth-order valence-electron chi connectivity index (χ4n) is 4.54. The summed E-state index contributed by atoms with van der Waals surface area (Å²) in [6, 6.07) is 4.97. The maximum atomic E-state index is 13.8. The van der Waals surface area contributed by atoms with Crippen LogP contribution in [0, 0.1) is 11.3 Å². The van der Waals surface area contributed by atoms with E-state index in [4.69, 9.17) is 5.73 Å². The van der Waals surface area contributed by atoms with Crippen LogP contribution in [-0.2, 0) is 17.2 Å². The average Bonchev–Trinajstić information content (AvgIpc) is 3.31. The number of fused-ring (bicyclic) bond motifs is 1. The quantitative estimate of drug-likeness (QED) is 0.670. The van der Waals surface area contributed by atoms with Gasteiger partial charge in [-0.2, -0.15) is 18.4 Å². The van der Waals surface area contributed by atoms with E-state index in [0.717, 1.165) is 25.5 Å². The van der Waals surface area contributed by atoms with Crippen LogP contribution in [0.1, 0.15) is 47.2 Å². The van der Waals surface area contributed by atoms with Crippen molar-refractivity contribution >= 4 is 24.0 Å². The van der Waals surface area contributed by atoms with E-state index in [1.807, 2.05) is 0 Å². The minimum absolute atomic E-state index is 0.0928. The third kappa shape index (κ3) is 4.05. The number of alkyl halides is 3. The standard InChI is InChI=1S/C22H23F3N5OP/c1-32(2,31)20-12(10-26)6-7-13-14(8-9-15(13)20)19-16(22(23,24)25)11-28-21(30-19)29-18-5-3-4-17(18)27/h6-8,11,17-18H,3-5,9,27H2,1-2H3,(H,28,29,30)/t17-,18-/m0/s1. The van der Waals surface area contributed by atoms with Crippen molar-refractivity contribution < 1.29 is 17.7 Å². The molecule has 0 bridgehead atoms. The molecule has 3 N–H and O–H groups in total. The number of nitriles is 1. The van der Waals surface area contributed by atoms with Gasteiger partial charge in [-0.15, -0.1) is 0 Å². The minimum Gasteiger partial charge on any atom is -0.350 e. The molecule has 1 aromatic carbocycles. The molecule has 2 aliphatic rings. The fourth-order valence-corrected chi connectivity index (χ4v) is 6.10. The van der Waals surface area contributed by atoms with E-state index >= 15 is 0 Å². The van der Waals surface area contributed by atoms with Crippen molar-refractivity contribution in [2.24, 2.45) is 5.73 Å². The number of rotatable bonds is 4. The lowest BCUT2D eigenvalue weighted by Gasteiger charge is -2.20. The highest BCUT2D eigenvalue weighted by molar-refractivity contribution is 7.70. The molecular formula is C22H23F3N5OP. The first kappa shape index (κ1) is 22.5. The second kappa shape index (κ2) is 8.02. The van der Waals surface area contributed by atoms with Crippen molar-refractivity contribution in [2.45, 2.75) is 43.9 Å². The lowest BCUT2D eigenvalue weighted by Crippen LogP contribution is -2.35. The molecule has 0 unspecified atom stereocenters. The Morgan fingerprint density at radius 3 is 2.62 bits per heavy atom. The van der Waals surface area contributed by atoms with Gasteiger partial charge in [0.1, 0.15) is 12.7 Å². The molecule has 0 aliphatic heterocycles. The summed E-state index contributed by atoms with van der Waals surface area (Å²) in [4.78, 5) is 8.16. The van der Waals surface area contributed by atoms with Crippen LogP contribution in [0.4, 0.5) is 19.1 Å². The Labute approximate surface area is 184 Å². The number of nitrogens with two attached hydrogens (primary N) is 1. The third-order valence-electron chi connectivity index (χ3n) is 5.98. The van der Waals surface area contributed by atoms with Crippen molar-refractivity contribution in [2.75, 3.05) is 18.6 Å². The Morgan fingerprint density at radius 2 is 2.03 bits per heavy atom. The van der Waals surface area contributed by atoms with Gasteiger partial charge in [0.05, 0.1) is 17.3 Å². The molecule has 0 spiro atoms. The smallest absolute Gasteiger partial charge is 0.350 e. The minimum atomic E-state index is -4.65. The zero-order chi connectivity index (χ0) is 23.3. The van der Waals surface area contributed by atoms with Crippen LogP contribution in [0.2, 0.25) is 0 Å². The number of allylic oxidation sites excluding steroid dienone is 1. The van der Waals surface area contributed by atoms with Gasteiger partial charge in [0.2, 0.25) is 5.95 Å². The molecule has 10 heteroatoms. The fraction of sp³-hybridized carbons (Fsp3) is 0.409. The van der Waals surface area contributed by atoms with E-state index in [2.05, 4.69) is 21.4 Å². The summed E-state index contributed by atoms with van der Waals surface area (Å²) in [5.41, 5.74) is 6.60. The molecule has 2 aliphatic carbocycles. The zero-order valence-corrected chi connectivity index (χ0v) is 18.6. The van der Waals surface area contributed by atoms with E-state index in [1.54, 1.807) is 25.5 Å². The number of aromatic nitrogens is 2. The normalized spacial score (nSPS) is 20.6. The summed E-state index contributed by atoms with van der Waals surface area (Å²) in [6.45, 7) is 3.11. The zero-order valence-electron chi connectivity index (χ0n) is 17.7. The van der Waals surface area contributed by atoms with Crippen molar-refractivity contribution in [1.29, 1.82) is 5.26 Å². The first-order valence-corrected chi connectivity index (χ1v) is 12.9. The molecule has 4 rings (SSSR count). The molecule has 1 saturated carbocycles. The highest BCUT2D eigenvalue weighted by Gasteiger charge is 2.38. The van der Waals surface area contributed by atoms with Gasteiger partial charge >= 0.3 is 6.18 Å². The van der Waals surface area contributed by atoms with Crippen molar-refractivity contribution in [3.63, 3.8) is 0 Å². The topological polar surface area (TPSA) is 105 Å². The molecule has 1 fully saturated rings. The molecule has 0 amide bonds. The van der Waals surface area contributed by atoms with Crippen LogP contribution in [0.3, 0.4) is 0 Å². The second-order valence-corrected chi connectivity index (χ2v) is 11.7. The first-order chi connectivity index (χ1) is 15.0. The van der Waals surface area contributed by atoms with Crippen LogP contribution >= 0.6 is 7.14 Å². The number of halogens is 3. The van der Waals surface area contributed by atoms with E-state index < -0.39 is 18.9 Å². The highest BCUT2D eigenvalue weighted by Crippen LogP contribution is 2.44. The summed E-state index contributed by atoms with van der Waals surface area (Å²) in [6.07, 6.45) is 0.632. The Hall–Kier alpha value is -2.69. The number of hydrogen-bond acceptors (Lipinski definition) is 6. The molecule has 1 aromatic heterocycles. The average molecular weight is 461 g/mol. The van der Waals surface area contributed by atoms with E-state index in [1.165, 1.54) is 6.07 Å². The third-order valence-corrected chi connectivity index (χ3v) is 7.56. The van der Waals surface area contributed by atoms with E-state index in [9.17, 15) is 23.0 Å². The molecule has 168 valence electrons. The first-order valence-electron chi connectivity index (χ1n) is 10.3. The molecule has 2 atom stereocenters. The van der Waals surface area contributed by atoms with Crippen molar-refractivity contribution in [1.82, 2.24) is 9.97 Å². The largest absolute Gasteiger partial charge is 0.419 e. The molecule has 2 aromatic rings. The number of hydrogen-bond donors (Lipinski definition) is 2. The summed E-state index contributed by atoms with van der Waals surface area (Å²) in [7, 11) is -2.85. The monoisotopic (exact) mass is 461 g/mol.